The maximum atomic E-state index is 5.96. The van der Waals surface area contributed by atoms with E-state index in [9.17, 15) is 0 Å². The Hall–Kier alpha value is -3.36. The molecule has 2 heteroatoms. The van der Waals surface area contributed by atoms with Crippen LogP contribution in [0.15, 0.2) is 114 Å². The normalized spacial score (nSPS) is 14.8. The molecule has 2 aliphatic rings. The zero-order chi connectivity index (χ0) is 26.9. The van der Waals surface area contributed by atoms with Gasteiger partial charge >= 0.3 is 0 Å². The van der Waals surface area contributed by atoms with Crippen molar-refractivity contribution < 1.29 is 4.74 Å². The molecule has 0 amide bonds. The van der Waals surface area contributed by atoms with Crippen molar-refractivity contribution in [2.75, 3.05) is 27.2 Å². The highest BCUT2D eigenvalue weighted by molar-refractivity contribution is 6.06. The Balaban J connectivity index is 0.00000115. The van der Waals surface area contributed by atoms with Crippen LogP contribution in [0.3, 0.4) is 0 Å². The number of ether oxygens (including phenoxy) is 1. The van der Waals surface area contributed by atoms with Crippen molar-refractivity contribution >= 4 is 11.1 Å². The van der Waals surface area contributed by atoms with E-state index in [1.807, 2.05) is 27.7 Å². The molecule has 2 aromatic carbocycles. The molecule has 0 N–H and O–H groups in total. The quantitative estimate of drug-likeness (QED) is 0.338. The van der Waals surface area contributed by atoms with Gasteiger partial charge in [0.2, 0.25) is 0 Å². The molecule has 0 aliphatic heterocycles. The number of benzene rings is 2. The molecule has 2 nitrogen and oxygen atoms in total. The fraction of sp³-hybridized carbons (Fsp3) is 0.314. The Morgan fingerprint density at radius 1 is 0.730 bits per heavy atom. The Kier molecular flexibility index (Phi) is 13.9. The summed E-state index contributed by atoms with van der Waals surface area (Å²) in [5.41, 5.74) is 7.47. The average Bonchev–Trinajstić information content (AvgIpc) is 3.25. The molecule has 0 radical (unpaired) electrons. The predicted octanol–water partition coefficient (Wildman–Crippen LogP) is 9.31. The third-order valence-electron chi connectivity index (χ3n) is 5.82. The number of hydrogen-bond acceptors (Lipinski definition) is 2. The number of nitrogens with zero attached hydrogens (tertiary/aromatic N) is 1. The van der Waals surface area contributed by atoms with Gasteiger partial charge in [-0.1, -0.05) is 119 Å². The largest absolute Gasteiger partial charge is 0.492 e. The molecule has 0 bridgehead atoms. The van der Waals surface area contributed by atoms with Crippen LogP contribution in [-0.4, -0.2) is 32.1 Å². The summed E-state index contributed by atoms with van der Waals surface area (Å²) >= 11 is 0. The van der Waals surface area contributed by atoms with Crippen molar-refractivity contribution in [2.24, 2.45) is 0 Å². The number of allylic oxidation sites excluding steroid dienone is 12. The maximum absolute atomic E-state index is 5.96. The van der Waals surface area contributed by atoms with Gasteiger partial charge in [-0.2, -0.15) is 0 Å². The molecule has 0 saturated carbocycles. The summed E-state index contributed by atoms with van der Waals surface area (Å²) in [6.07, 6.45) is 21.2. The molecule has 0 heterocycles. The van der Waals surface area contributed by atoms with E-state index in [2.05, 4.69) is 122 Å². The lowest BCUT2D eigenvalue weighted by Crippen LogP contribution is -2.19. The molecule has 0 spiro atoms. The van der Waals surface area contributed by atoms with Crippen LogP contribution in [-0.2, 0) is 0 Å². The van der Waals surface area contributed by atoms with Gasteiger partial charge in [-0.15, -0.1) is 0 Å². The minimum absolute atomic E-state index is 0.681. The van der Waals surface area contributed by atoms with Gasteiger partial charge in [0.1, 0.15) is 12.4 Å². The molecule has 196 valence electrons. The van der Waals surface area contributed by atoms with Crippen LogP contribution >= 0.6 is 0 Å². The van der Waals surface area contributed by atoms with E-state index in [0.29, 0.717) is 6.61 Å². The average molecular weight is 496 g/mol. The van der Waals surface area contributed by atoms with Gasteiger partial charge in [-0.3, -0.25) is 0 Å². The highest BCUT2D eigenvalue weighted by Gasteiger charge is 2.18. The topological polar surface area (TPSA) is 12.5 Å². The molecule has 0 fully saturated rings. The molecular formula is C35H45NO. The van der Waals surface area contributed by atoms with Crippen LogP contribution in [0, 0.1) is 0 Å². The monoisotopic (exact) mass is 495 g/mol. The van der Waals surface area contributed by atoms with Crippen LogP contribution in [0.1, 0.15) is 58.1 Å². The number of rotatable bonds is 8. The van der Waals surface area contributed by atoms with Crippen molar-refractivity contribution in [3.8, 4) is 5.75 Å². The van der Waals surface area contributed by atoms with E-state index in [1.165, 1.54) is 33.4 Å². The summed E-state index contributed by atoms with van der Waals surface area (Å²) in [6, 6.07) is 19.3. The number of likely N-dealkylation sites (N-methyl/N-ethyl adjacent to an activating group) is 1. The van der Waals surface area contributed by atoms with Crippen molar-refractivity contribution in [3.05, 3.63) is 125 Å². The first-order valence-corrected chi connectivity index (χ1v) is 13.8. The Morgan fingerprint density at radius 2 is 1.38 bits per heavy atom. The minimum atomic E-state index is 0.681. The van der Waals surface area contributed by atoms with Crippen molar-refractivity contribution in [1.82, 2.24) is 4.90 Å². The van der Waals surface area contributed by atoms with E-state index in [4.69, 9.17) is 4.74 Å². The zero-order valence-electron chi connectivity index (χ0n) is 23.7. The fourth-order valence-electron chi connectivity index (χ4n) is 4.12. The molecule has 4 rings (SSSR count). The summed E-state index contributed by atoms with van der Waals surface area (Å²) in [4.78, 5) is 2.13. The molecule has 2 aromatic rings. The molecule has 0 saturated heterocycles. The Labute approximate surface area is 226 Å². The lowest BCUT2D eigenvalue weighted by molar-refractivity contribution is 0.261. The van der Waals surface area contributed by atoms with Gasteiger partial charge in [0.15, 0.2) is 0 Å². The lowest BCUT2D eigenvalue weighted by Gasteiger charge is -2.21. The first-order valence-electron chi connectivity index (χ1n) is 13.8. The second kappa shape index (κ2) is 17.2. The van der Waals surface area contributed by atoms with Gasteiger partial charge < -0.3 is 9.64 Å². The molecule has 37 heavy (non-hydrogen) atoms. The fourth-order valence-corrected chi connectivity index (χ4v) is 4.12. The first kappa shape index (κ1) is 29.9. The van der Waals surface area contributed by atoms with Gasteiger partial charge in [0, 0.05) is 6.54 Å². The van der Waals surface area contributed by atoms with Crippen LogP contribution in [0.4, 0.5) is 0 Å². The minimum Gasteiger partial charge on any atom is -0.492 e. The molecule has 0 unspecified atom stereocenters. The van der Waals surface area contributed by atoms with E-state index in [-0.39, 0.29) is 0 Å². The van der Waals surface area contributed by atoms with E-state index < -0.39 is 0 Å². The van der Waals surface area contributed by atoms with E-state index in [1.54, 1.807) is 0 Å². The van der Waals surface area contributed by atoms with Gasteiger partial charge in [-0.25, -0.2) is 0 Å². The molecule has 0 atom stereocenters. The highest BCUT2D eigenvalue weighted by Crippen LogP contribution is 2.39. The first-order chi connectivity index (χ1) is 18.2. The second-order valence-corrected chi connectivity index (χ2v) is 8.62. The summed E-state index contributed by atoms with van der Waals surface area (Å²) in [5, 5.41) is 0. The predicted molar refractivity (Wildman–Crippen MR) is 164 cm³/mol. The van der Waals surface area contributed by atoms with Gasteiger partial charge in [0.25, 0.3) is 0 Å². The lowest BCUT2D eigenvalue weighted by atomic mass is 9.83. The summed E-state index contributed by atoms with van der Waals surface area (Å²) < 4.78 is 5.96. The molecule has 2 aliphatic carbocycles. The van der Waals surface area contributed by atoms with E-state index in [0.717, 1.165) is 31.6 Å². The van der Waals surface area contributed by atoms with Crippen LogP contribution in [0.5, 0.6) is 5.75 Å². The SMILES string of the molecule is CC.CC.CN(C)CCOc1ccc(/C(C2=CC=CCC=C2)=C(\C2=CCCC=C2)c2ccccc2)cc1. The summed E-state index contributed by atoms with van der Waals surface area (Å²) in [6.45, 7) is 9.58. The standard InChI is InChI=1S/C31H33NO.2C2H6/c1-32(2)23-24-33-29-21-19-28(20-22-29)31(27-13-7-3-4-8-14-27)30(25-15-9-5-10-16-25)26-17-11-6-12-18-26;2*1-2/h3,5,7-11,13-22H,4,6,12,23-24H2,1-2H3;2*1-2H3/b31-30-;;. The van der Waals surface area contributed by atoms with Crippen LogP contribution < -0.4 is 4.74 Å². The summed E-state index contributed by atoms with van der Waals surface area (Å²) in [7, 11) is 4.12. The second-order valence-electron chi connectivity index (χ2n) is 8.62. The molecule has 0 aromatic heterocycles. The number of hydrogen-bond donors (Lipinski definition) is 0. The van der Waals surface area contributed by atoms with Crippen LogP contribution in [0.2, 0.25) is 0 Å². The third kappa shape index (κ3) is 9.22. The maximum Gasteiger partial charge on any atom is 0.119 e. The Morgan fingerprint density at radius 3 is 2.03 bits per heavy atom. The van der Waals surface area contributed by atoms with Crippen molar-refractivity contribution in [3.63, 3.8) is 0 Å². The summed E-state index contributed by atoms with van der Waals surface area (Å²) in [5.74, 6) is 0.906. The van der Waals surface area contributed by atoms with Gasteiger partial charge in [0.05, 0.1) is 0 Å². The highest BCUT2D eigenvalue weighted by atomic mass is 16.5. The molecular weight excluding hydrogens is 450 g/mol. The zero-order valence-corrected chi connectivity index (χ0v) is 23.7. The van der Waals surface area contributed by atoms with Crippen LogP contribution in [0.25, 0.3) is 11.1 Å². The third-order valence-corrected chi connectivity index (χ3v) is 5.82. The Bertz CT molecular complexity index is 1110. The van der Waals surface area contributed by atoms with Crippen molar-refractivity contribution in [2.45, 2.75) is 47.0 Å². The van der Waals surface area contributed by atoms with Gasteiger partial charge in [-0.05, 0) is 78.9 Å². The smallest absolute Gasteiger partial charge is 0.119 e. The van der Waals surface area contributed by atoms with E-state index >= 15 is 0 Å². The van der Waals surface area contributed by atoms with Crippen molar-refractivity contribution in [1.29, 1.82) is 0 Å².